The van der Waals surface area contributed by atoms with Gasteiger partial charge in [-0.3, -0.25) is 14.7 Å². The van der Waals surface area contributed by atoms with E-state index in [2.05, 4.69) is 10.3 Å². The van der Waals surface area contributed by atoms with Gasteiger partial charge >= 0.3 is 0 Å². The SMILES string of the molecule is CN(CCc1ccncc1)CC(=O)NCc1ccc2c(c1)OCO2. The van der Waals surface area contributed by atoms with Crippen molar-refractivity contribution in [3.63, 3.8) is 0 Å². The first-order valence-electron chi connectivity index (χ1n) is 7.93. The lowest BCUT2D eigenvalue weighted by Crippen LogP contribution is -2.35. The molecule has 24 heavy (non-hydrogen) atoms. The number of carbonyl (C=O) groups is 1. The second-order valence-electron chi connectivity index (χ2n) is 5.81. The molecule has 0 spiro atoms. The topological polar surface area (TPSA) is 63.7 Å². The number of hydrogen-bond acceptors (Lipinski definition) is 5. The van der Waals surface area contributed by atoms with Crippen LogP contribution in [0.2, 0.25) is 0 Å². The summed E-state index contributed by atoms with van der Waals surface area (Å²) in [6.07, 6.45) is 4.47. The third kappa shape index (κ3) is 4.45. The summed E-state index contributed by atoms with van der Waals surface area (Å²) in [5, 5.41) is 2.93. The molecule has 1 aromatic heterocycles. The molecule has 1 aliphatic heterocycles. The number of fused-ring (bicyclic) bond motifs is 1. The smallest absolute Gasteiger partial charge is 0.234 e. The minimum absolute atomic E-state index is 0.00453. The maximum absolute atomic E-state index is 12.1. The first-order valence-corrected chi connectivity index (χ1v) is 7.93. The fourth-order valence-electron chi connectivity index (χ4n) is 2.50. The molecule has 3 rings (SSSR count). The minimum atomic E-state index is 0.00453. The van der Waals surface area contributed by atoms with Gasteiger partial charge in [0.15, 0.2) is 11.5 Å². The lowest BCUT2D eigenvalue weighted by molar-refractivity contribution is -0.122. The highest BCUT2D eigenvalue weighted by atomic mass is 16.7. The number of benzene rings is 1. The van der Waals surface area contributed by atoms with Crippen molar-refractivity contribution in [2.75, 3.05) is 26.9 Å². The van der Waals surface area contributed by atoms with Crippen molar-refractivity contribution < 1.29 is 14.3 Å². The van der Waals surface area contributed by atoms with Crippen molar-refractivity contribution in [2.45, 2.75) is 13.0 Å². The normalized spacial score (nSPS) is 12.4. The van der Waals surface area contributed by atoms with Gasteiger partial charge in [0.2, 0.25) is 12.7 Å². The van der Waals surface area contributed by atoms with Gasteiger partial charge in [0, 0.05) is 25.5 Å². The molecule has 1 aromatic carbocycles. The van der Waals surface area contributed by atoms with Crippen LogP contribution in [0.4, 0.5) is 0 Å². The number of hydrogen-bond donors (Lipinski definition) is 1. The molecule has 1 N–H and O–H groups in total. The molecule has 0 atom stereocenters. The average molecular weight is 327 g/mol. The van der Waals surface area contributed by atoms with Gasteiger partial charge in [-0.15, -0.1) is 0 Å². The van der Waals surface area contributed by atoms with E-state index in [1.807, 2.05) is 42.3 Å². The predicted octanol–water partition coefficient (Wildman–Crippen LogP) is 1.60. The van der Waals surface area contributed by atoms with Crippen molar-refractivity contribution in [3.05, 3.63) is 53.9 Å². The molecular weight excluding hydrogens is 306 g/mol. The Kier molecular flexibility index (Phi) is 5.28. The summed E-state index contributed by atoms with van der Waals surface area (Å²) in [5.74, 6) is 1.49. The number of carbonyl (C=O) groups excluding carboxylic acids is 1. The third-order valence-electron chi connectivity index (χ3n) is 3.87. The van der Waals surface area contributed by atoms with Gasteiger partial charge in [-0.25, -0.2) is 0 Å². The highest BCUT2D eigenvalue weighted by molar-refractivity contribution is 5.78. The van der Waals surface area contributed by atoms with E-state index in [0.717, 1.165) is 30.0 Å². The van der Waals surface area contributed by atoms with Gasteiger partial charge in [-0.1, -0.05) is 6.07 Å². The van der Waals surface area contributed by atoms with Gasteiger partial charge in [0.1, 0.15) is 0 Å². The van der Waals surface area contributed by atoms with Crippen LogP contribution in [-0.4, -0.2) is 42.7 Å². The quantitative estimate of drug-likeness (QED) is 0.837. The Morgan fingerprint density at radius 1 is 1.17 bits per heavy atom. The molecule has 1 amide bonds. The van der Waals surface area contributed by atoms with Crippen LogP contribution in [-0.2, 0) is 17.8 Å². The number of pyridine rings is 1. The molecule has 0 bridgehead atoms. The largest absolute Gasteiger partial charge is 0.454 e. The highest BCUT2D eigenvalue weighted by Crippen LogP contribution is 2.32. The van der Waals surface area contributed by atoms with E-state index in [1.165, 1.54) is 5.56 Å². The van der Waals surface area contributed by atoms with Gasteiger partial charge < -0.3 is 14.8 Å². The molecule has 0 unspecified atom stereocenters. The van der Waals surface area contributed by atoms with Gasteiger partial charge in [0.05, 0.1) is 6.54 Å². The van der Waals surface area contributed by atoms with Crippen LogP contribution in [0.25, 0.3) is 0 Å². The number of amides is 1. The van der Waals surface area contributed by atoms with Crippen LogP contribution in [0.5, 0.6) is 11.5 Å². The molecule has 2 aromatic rings. The maximum atomic E-state index is 12.1. The molecule has 0 radical (unpaired) electrons. The summed E-state index contributed by atoms with van der Waals surface area (Å²) in [7, 11) is 1.95. The minimum Gasteiger partial charge on any atom is -0.454 e. The van der Waals surface area contributed by atoms with Gasteiger partial charge in [-0.05, 0) is 48.9 Å². The Labute approximate surface area is 141 Å². The summed E-state index contributed by atoms with van der Waals surface area (Å²) in [4.78, 5) is 18.1. The van der Waals surface area contributed by atoms with Crippen LogP contribution >= 0.6 is 0 Å². The van der Waals surface area contributed by atoms with Crippen molar-refractivity contribution >= 4 is 5.91 Å². The number of rotatable bonds is 7. The van der Waals surface area contributed by atoms with E-state index in [9.17, 15) is 4.79 Å². The number of aromatic nitrogens is 1. The van der Waals surface area contributed by atoms with Crippen LogP contribution < -0.4 is 14.8 Å². The molecule has 126 valence electrons. The standard InChI is InChI=1S/C18H21N3O3/c1-21(9-6-14-4-7-19-8-5-14)12-18(22)20-11-15-2-3-16-17(10-15)24-13-23-16/h2-5,7-8,10H,6,9,11-13H2,1H3,(H,20,22). The van der Waals surface area contributed by atoms with Crippen LogP contribution in [0.15, 0.2) is 42.7 Å². The maximum Gasteiger partial charge on any atom is 0.234 e. The lowest BCUT2D eigenvalue weighted by atomic mass is 10.2. The zero-order valence-electron chi connectivity index (χ0n) is 13.7. The number of ether oxygens (including phenoxy) is 2. The van der Waals surface area contributed by atoms with Crippen molar-refractivity contribution in [1.29, 1.82) is 0 Å². The van der Waals surface area contributed by atoms with Crippen molar-refractivity contribution in [3.8, 4) is 11.5 Å². The second kappa shape index (κ2) is 7.79. The summed E-state index contributed by atoms with van der Waals surface area (Å²) in [5.41, 5.74) is 2.21. The van der Waals surface area contributed by atoms with Crippen molar-refractivity contribution in [2.24, 2.45) is 0 Å². The van der Waals surface area contributed by atoms with Crippen molar-refractivity contribution in [1.82, 2.24) is 15.2 Å². The molecule has 0 saturated carbocycles. The molecule has 6 nitrogen and oxygen atoms in total. The Hall–Kier alpha value is -2.60. The molecule has 6 heteroatoms. The van der Waals surface area contributed by atoms with Gasteiger partial charge in [-0.2, -0.15) is 0 Å². The molecule has 0 fully saturated rings. The zero-order valence-corrected chi connectivity index (χ0v) is 13.7. The lowest BCUT2D eigenvalue weighted by Gasteiger charge is -2.16. The molecule has 2 heterocycles. The number of likely N-dealkylation sites (N-methyl/N-ethyl adjacent to an activating group) is 1. The number of nitrogens with zero attached hydrogens (tertiary/aromatic N) is 2. The summed E-state index contributed by atoms with van der Waals surface area (Å²) in [6.45, 7) is 1.93. The van der Waals surface area contributed by atoms with E-state index >= 15 is 0 Å². The molecule has 0 saturated heterocycles. The van der Waals surface area contributed by atoms with E-state index in [4.69, 9.17) is 9.47 Å². The number of nitrogens with one attached hydrogen (secondary N) is 1. The summed E-state index contributed by atoms with van der Waals surface area (Å²) in [6, 6.07) is 9.68. The molecule has 1 aliphatic rings. The monoisotopic (exact) mass is 327 g/mol. The summed E-state index contributed by atoms with van der Waals surface area (Å²) < 4.78 is 10.6. The molecule has 0 aliphatic carbocycles. The Balaban J connectivity index is 1.40. The fraction of sp³-hybridized carbons (Fsp3) is 0.333. The van der Waals surface area contributed by atoms with E-state index < -0.39 is 0 Å². The van der Waals surface area contributed by atoms with E-state index in [1.54, 1.807) is 12.4 Å². The van der Waals surface area contributed by atoms with E-state index in [0.29, 0.717) is 13.1 Å². The first-order chi connectivity index (χ1) is 11.7. The Bertz CT molecular complexity index is 691. The van der Waals surface area contributed by atoms with Crippen LogP contribution in [0, 0.1) is 0 Å². The zero-order chi connectivity index (χ0) is 16.8. The second-order valence-corrected chi connectivity index (χ2v) is 5.81. The Morgan fingerprint density at radius 3 is 2.79 bits per heavy atom. The van der Waals surface area contributed by atoms with Crippen LogP contribution in [0.3, 0.4) is 0 Å². The highest BCUT2D eigenvalue weighted by Gasteiger charge is 2.13. The average Bonchev–Trinajstić information content (AvgIpc) is 3.07. The third-order valence-corrected chi connectivity index (χ3v) is 3.87. The summed E-state index contributed by atoms with van der Waals surface area (Å²) >= 11 is 0. The Morgan fingerprint density at radius 2 is 1.96 bits per heavy atom. The fourth-order valence-corrected chi connectivity index (χ4v) is 2.50. The first kappa shape index (κ1) is 16.3. The van der Waals surface area contributed by atoms with Gasteiger partial charge in [0.25, 0.3) is 0 Å². The predicted molar refractivity (Wildman–Crippen MR) is 89.8 cm³/mol. The molecular formula is C18H21N3O3. The van der Waals surface area contributed by atoms with E-state index in [-0.39, 0.29) is 12.7 Å². The van der Waals surface area contributed by atoms with Crippen LogP contribution in [0.1, 0.15) is 11.1 Å².